The molecular formula is C32H35N7O3. The van der Waals surface area contributed by atoms with Gasteiger partial charge in [0.1, 0.15) is 23.5 Å². The Hall–Kier alpha value is -4.85. The molecule has 0 spiro atoms. The highest BCUT2D eigenvalue weighted by atomic mass is 16.5. The number of aromatic nitrogens is 3. The number of nitrogens with zero attached hydrogens (tertiary/aromatic N) is 5. The lowest BCUT2D eigenvalue weighted by atomic mass is 10.0. The molecule has 0 radical (unpaired) electrons. The fraction of sp³-hybridized carbons (Fsp3) is 0.281. The third-order valence-corrected chi connectivity index (χ3v) is 6.48. The van der Waals surface area contributed by atoms with Gasteiger partial charge in [-0.25, -0.2) is 9.97 Å². The summed E-state index contributed by atoms with van der Waals surface area (Å²) in [6.07, 6.45) is 9.00. The van der Waals surface area contributed by atoms with Gasteiger partial charge in [0.15, 0.2) is 6.73 Å². The number of anilines is 1. The molecule has 0 fully saturated rings. The van der Waals surface area contributed by atoms with Gasteiger partial charge in [0.05, 0.1) is 0 Å². The van der Waals surface area contributed by atoms with Crippen molar-refractivity contribution >= 4 is 28.6 Å². The van der Waals surface area contributed by atoms with Crippen LogP contribution in [0, 0.1) is 17.2 Å². The molecule has 0 aliphatic heterocycles. The van der Waals surface area contributed by atoms with Crippen LogP contribution in [0.4, 0.5) is 5.69 Å². The Labute approximate surface area is 245 Å². The zero-order chi connectivity index (χ0) is 30.2. The monoisotopic (exact) mass is 565 g/mol. The minimum atomic E-state index is -0.708. The molecule has 3 N–H and O–H groups in total. The van der Waals surface area contributed by atoms with Crippen molar-refractivity contribution in [2.45, 2.75) is 33.0 Å². The first kappa shape index (κ1) is 30.1. The van der Waals surface area contributed by atoms with E-state index in [1.54, 1.807) is 29.1 Å². The van der Waals surface area contributed by atoms with Crippen molar-refractivity contribution < 1.29 is 14.3 Å². The van der Waals surface area contributed by atoms with E-state index in [2.05, 4.69) is 16.4 Å². The first-order valence-corrected chi connectivity index (χ1v) is 13.6. The van der Waals surface area contributed by atoms with E-state index in [1.165, 1.54) is 6.08 Å². The van der Waals surface area contributed by atoms with Gasteiger partial charge in [-0.1, -0.05) is 32.1 Å². The van der Waals surface area contributed by atoms with Crippen LogP contribution in [-0.4, -0.2) is 58.0 Å². The molecule has 1 amide bonds. The number of esters is 1. The topological polar surface area (TPSA) is 139 Å². The summed E-state index contributed by atoms with van der Waals surface area (Å²) in [5.74, 6) is -0.426. The van der Waals surface area contributed by atoms with Crippen LogP contribution in [0.5, 0.6) is 0 Å². The predicted octanol–water partition coefficient (Wildman–Crippen LogP) is 4.57. The number of hydrogen-bond acceptors (Lipinski definition) is 8. The average molecular weight is 566 g/mol. The van der Waals surface area contributed by atoms with Gasteiger partial charge in [0, 0.05) is 53.4 Å². The van der Waals surface area contributed by atoms with Crippen molar-refractivity contribution in [1.29, 1.82) is 5.26 Å². The van der Waals surface area contributed by atoms with Gasteiger partial charge < -0.3 is 20.7 Å². The van der Waals surface area contributed by atoms with Gasteiger partial charge in [-0.15, -0.1) is 0 Å². The molecule has 10 nitrogen and oxygen atoms in total. The lowest BCUT2D eigenvalue weighted by Gasteiger charge is -2.14. The van der Waals surface area contributed by atoms with Crippen LogP contribution < -0.4 is 11.1 Å². The van der Waals surface area contributed by atoms with Crippen LogP contribution >= 0.6 is 0 Å². The zero-order valence-corrected chi connectivity index (χ0v) is 24.2. The van der Waals surface area contributed by atoms with Gasteiger partial charge in [-0.05, 0) is 67.9 Å². The molecule has 0 bridgehead atoms. The lowest BCUT2D eigenvalue weighted by molar-refractivity contribution is -0.149. The molecule has 0 saturated carbocycles. The maximum Gasteiger partial charge on any atom is 0.324 e. The molecule has 42 heavy (non-hydrogen) atoms. The Kier molecular flexibility index (Phi) is 9.81. The third kappa shape index (κ3) is 7.66. The largest absolute Gasteiger partial charge is 0.443 e. The Bertz CT molecular complexity index is 1650. The highest BCUT2D eigenvalue weighted by Crippen LogP contribution is 2.33. The first-order chi connectivity index (χ1) is 20.1. The molecule has 216 valence electrons. The maximum absolute atomic E-state index is 12.5. The number of likely N-dealkylation sites (N-methyl/N-ethyl adjacent to an activating group) is 1. The van der Waals surface area contributed by atoms with Gasteiger partial charge >= 0.3 is 5.97 Å². The minimum Gasteiger partial charge on any atom is -0.443 e. The van der Waals surface area contributed by atoms with Crippen LogP contribution in [-0.2, 0) is 21.1 Å². The zero-order valence-electron chi connectivity index (χ0n) is 24.2. The molecule has 4 rings (SSSR count). The van der Waals surface area contributed by atoms with E-state index in [4.69, 9.17) is 15.5 Å². The van der Waals surface area contributed by atoms with Gasteiger partial charge in [-0.3, -0.25) is 14.2 Å². The normalized spacial score (nSPS) is 12.1. The van der Waals surface area contributed by atoms with Crippen LogP contribution in [0.15, 0.2) is 73.2 Å². The number of pyridine rings is 2. The Morgan fingerprint density at radius 2 is 1.95 bits per heavy atom. The van der Waals surface area contributed by atoms with E-state index in [9.17, 15) is 14.9 Å². The fourth-order valence-corrected chi connectivity index (χ4v) is 4.49. The average Bonchev–Trinajstić information content (AvgIpc) is 3.33. The standard InChI is InChI=1S/C32H35N7O3/c1-21(2)13-29(34)32(41)42-20-39-19-28(23-10-11-35-26(15-23)17-33)27-16-24(18-36-31(27)39)22-7-5-8-25(14-22)37-30(40)9-6-12-38(3)4/h5-11,14-16,18-19,21,29H,12-13,20,34H2,1-4H3,(H,37,40)/b9-6+/t29-/m0/s1. The number of rotatable bonds is 11. The Balaban J connectivity index is 1.68. The maximum atomic E-state index is 12.5. The summed E-state index contributed by atoms with van der Waals surface area (Å²) in [5.41, 5.74) is 10.8. The molecule has 1 aromatic carbocycles. The number of nitriles is 1. The number of ether oxygens (including phenoxy) is 1. The number of amides is 1. The van der Waals surface area contributed by atoms with Gasteiger partial charge in [-0.2, -0.15) is 5.26 Å². The Morgan fingerprint density at radius 1 is 1.14 bits per heavy atom. The molecule has 3 heterocycles. The second kappa shape index (κ2) is 13.7. The molecule has 0 aliphatic carbocycles. The number of hydrogen-bond donors (Lipinski definition) is 2. The summed E-state index contributed by atoms with van der Waals surface area (Å²) in [7, 11) is 3.87. The van der Waals surface area contributed by atoms with Gasteiger partial charge in [0.25, 0.3) is 0 Å². The highest BCUT2D eigenvalue weighted by molar-refractivity contribution is 6.00. The number of nitrogens with one attached hydrogen (secondary N) is 1. The van der Waals surface area contributed by atoms with Crippen LogP contribution in [0.2, 0.25) is 0 Å². The van der Waals surface area contributed by atoms with E-state index in [0.29, 0.717) is 24.3 Å². The number of carbonyl (C=O) groups is 2. The number of carbonyl (C=O) groups excluding carboxylic acids is 2. The predicted molar refractivity (Wildman–Crippen MR) is 163 cm³/mol. The molecule has 4 aromatic rings. The molecular weight excluding hydrogens is 530 g/mol. The van der Waals surface area contributed by atoms with E-state index in [0.717, 1.165) is 27.6 Å². The quantitative estimate of drug-likeness (QED) is 0.199. The SMILES string of the molecule is CC(C)C[C@H](N)C(=O)OCn1cc(-c2ccnc(C#N)c2)c2cc(-c3cccc(NC(=O)/C=C/CN(C)C)c3)cnc21. The van der Waals surface area contributed by atoms with E-state index >= 15 is 0 Å². The fourth-order valence-electron chi connectivity index (χ4n) is 4.49. The van der Waals surface area contributed by atoms with Crippen LogP contribution in [0.3, 0.4) is 0 Å². The van der Waals surface area contributed by atoms with Crippen molar-refractivity contribution in [3.63, 3.8) is 0 Å². The second-order valence-electron chi connectivity index (χ2n) is 10.7. The molecule has 10 heteroatoms. The highest BCUT2D eigenvalue weighted by Gasteiger charge is 2.19. The number of nitrogens with two attached hydrogens (primary N) is 1. The van der Waals surface area contributed by atoms with E-state index in [1.807, 2.05) is 75.4 Å². The summed E-state index contributed by atoms with van der Waals surface area (Å²) in [5, 5.41) is 13.1. The van der Waals surface area contributed by atoms with Crippen molar-refractivity contribution in [2.24, 2.45) is 11.7 Å². The summed E-state index contributed by atoms with van der Waals surface area (Å²) >= 11 is 0. The lowest BCUT2D eigenvalue weighted by Crippen LogP contribution is -2.33. The van der Waals surface area contributed by atoms with Gasteiger partial charge in [0.2, 0.25) is 5.91 Å². The molecule has 0 aliphatic rings. The first-order valence-electron chi connectivity index (χ1n) is 13.6. The van der Waals surface area contributed by atoms with Crippen molar-refractivity contribution in [1.82, 2.24) is 19.4 Å². The van der Waals surface area contributed by atoms with Crippen LogP contribution in [0.25, 0.3) is 33.3 Å². The number of benzene rings is 1. The summed E-state index contributed by atoms with van der Waals surface area (Å²) < 4.78 is 7.30. The van der Waals surface area contributed by atoms with Crippen molar-refractivity contribution in [3.05, 3.63) is 78.9 Å². The van der Waals surface area contributed by atoms with Crippen molar-refractivity contribution in [3.8, 4) is 28.3 Å². The molecule has 3 aromatic heterocycles. The summed E-state index contributed by atoms with van der Waals surface area (Å²) in [6, 6.07) is 14.4. The molecule has 0 unspecified atom stereocenters. The Morgan fingerprint density at radius 3 is 2.69 bits per heavy atom. The molecule has 0 saturated heterocycles. The third-order valence-electron chi connectivity index (χ3n) is 6.48. The van der Waals surface area contributed by atoms with Crippen LogP contribution in [0.1, 0.15) is 26.0 Å². The van der Waals surface area contributed by atoms with E-state index in [-0.39, 0.29) is 24.2 Å². The number of fused-ring (bicyclic) bond motifs is 1. The summed E-state index contributed by atoms with van der Waals surface area (Å²) in [4.78, 5) is 35.7. The minimum absolute atomic E-state index is 0.0630. The van der Waals surface area contributed by atoms with E-state index < -0.39 is 12.0 Å². The smallest absolute Gasteiger partial charge is 0.324 e. The summed E-state index contributed by atoms with van der Waals surface area (Å²) in [6.45, 7) is 4.60. The molecule has 1 atom stereocenters. The van der Waals surface area contributed by atoms with Crippen molar-refractivity contribution in [2.75, 3.05) is 26.0 Å². The second-order valence-corrected chi connectivity index (χ2v) is 10.7.